The van der Waals surface area contributed by atoms with Crippen molar-refractivity contribution in [1.29, 1.82) is 0 Å². The molecule has 0 bridgehead atoms. The van der Waals surface area contributed by atoms with E-state index in [1.807, 2.05) is 26.2 Å². The summed E-state index contributed by atoms with van der Waals surface area (Å²) >= 11 is 0. The van der Waals surface area contributed by atoms with Gasteiger partial charge in [-0.1, -0.05) is 0 Å². The molecular formula is C8H10N4. The summed E-state index contributed by atoms with van der Waals surface area (Å²) in [7, 11) is 1.90. The lowest BCUT2D eigenvalue weighted by Crippen LogP contribution is -1.94. The smallest absolute Gasteiger partial charge is 0.155 e. The predicted octanol–water partition coefficient (Wildman–Crippen LogP) is 1.12. The molecule has 1 N–H and O–H groups in total. The van der Waals surface area contributed by atoms with Gasteiger partial charge in [0, 0.05) is 25.1 Å². The monoisotopic (exact) mass is 162 g/mol. The highest BCUT2D eigenvalue weighted by Gasteiger charge is 2.04. The van der Waals surface area contributed by atoms with Crippen molar-refractivity contribution in [1.82, 2.24) is 19.7 Å². The van der Waals surface area contributed by atoms with Crippen LogP contribution in [0.3, 0.4) is 0 Å². The van der Waals surface area contributed by atoms with Crippen molar-refractivity contribution < 1.29 is 0 Å². The van der Waals surface area contributed by atoms with Gasteiger partial charge in [-0.3, -0.25) is 4.68 Å². The number of aryl methyl sites for hydroxylation is 2. The molecule has 62 valence electrons. The van der Waals surface area contributed by atoms with E-state index in [0.717, 1.165) is 17.2 Å². The van der Waals surface area contributed by atoms with E-state index in [0.29, 0.717) is 0 Å². The van der Waals surface area contributed by atoms with Gasteiger partial charge in [0.05, 0.1) is 0 Å². The van der Waals surface area contributed by atoms with E-state index in [2.05, 4.69) is 15.1 Å². The van der Waals surface area contributed by atoms with E-state index < -0.39 is 0 Å². The van der Waals surface area contributed by atoms with Gasteiger partial charge in [0.25, 0.3) is 0 Å². The van der Waals surface area contributed by atoms with E-state index >= 15 is 0 Å². The van der Waals surface area contributed by atoms with Crippen LogP contribution in [-0.2, 0) is 7.05 Å². The molecule has 2 heterocycles. The fraction of sp³-hybridized carbons (Fsp3) is 0.250. The van der Waals surface area contributed by atoms with Crippen LogP contribution in [0.4, 0.5) is 0 Å². The SMILES string of the molecule is Cc1cnc(-c2ccnn2C)[nH]1. The first-order valence-corrected chi connectivity index (χ1v) is 3.77. The maximum atomic E-state index is 4.20. The van der Waals surface area contributed by atoms with Crippen LogP contribution in [0.5, 0.6) is 0 Å². The van der Waals surface area contributed by atoms with Crippen LogP contribution >= 0.6 is 0 Å². The second-order valence-corrected chi connectivity index (χ2v) is 2.75. The minimum atomic E-state index is 0.868. The average molecular weight is 162 g/mol. The zero-order valence-corrected chi connectivity index (χ0v) is 7.07. The van der Waals surface area contributed by atoms with Crippen molar-refractivity contribution in [2.24, 2.45) is 7.05 Å². The van der Waals surface area contributed by atoms with Gasteiger partial charge in [-0.2, -0.15) is 5.10 Å². The van der Waals surface area contributed by atoms with Gasteiger partial charge in [-0.05, 0) is 13.0 Å². The quantitative estimate of drug-likeness (QED) is 0.683. The van der Waals surface area contributed by atoms with Gasteiger partial charge in [0.1, 0.15) is 5.69 Å². The van der Waals surface area contributed by atoms with E-state index in [-0.39, 0.29) is 0 Å². The standard InChI is InChI=1S/C8H10N4/c1-6-5-9-8(11-6)7-3-4-10-12(7)2/h3-5H,1-2H3,(H,9,11). The van der Waals surface area contributed by atoms with E-state index in [1.165, 1.54) is 0 Å². The summed E-state index contributed by atoms with van der Waals surface area (Å²) in [5, 5.41) is 4.06. The molecule has 0 unspecified atom stereocenters. The normalized spacial score (nSPS) is 10.5. The number of rotatable bonds is 1. The third-order valence-electron chi connectivity index (χ3n) is 1.77. The number of hydrogen-bond donors (Lipinski definition) is 1. The van der Waals surface area contributed by atoms with Crippen molar-refractivity contribution in [3.05, 3.63) is 24.2 Å². The number of nitrogens with zero attached hydrogens (tertiary/aromatic N) is 3. The van der Waals surface area contributed by atoms with E-state index in [1.54, 1.807) is 10.9 Å². The Balaban J connectivity index is 2.50. The van der Waals surface area contributed by atoms with Crippen LogP contribution in [-0.4, -0.2) is 19.7 Å². The fourth-order valence-corrected chi connectivity index (χ4v) is 1.15. The Labute approximate surface area is 70.3 Å². The fourth-order valence-electron chi connectivity index (χ4n) is 1.15. The molecule has 0 spiro atoms. The van der Waals surface area contributed by atoms with Crippen molar-refractivity contribution in [2.75, 3.05) is 0 Å². The molecule has 0 saturated carbocycles. The number of imidazole rings is 1. The third kappa shape index (κ3) is 1.01. The van der Waals surface area contributed by atoms with Gasteiger partial charge in [-0.25, -0.2) is 4.98 Å². The lowest BCUT2D eigenvalue weighted by atomic mass is 10.4. The number of aromatic nitrogens is 4. The van der Waals surface area contributed by atoms with Crippen LogP contribution in [0.15, 0.2) is 18.5 Å². The molecule has 0 aliphatic rings. The molecule has 2 aromatic heterocycles. The first-order chi connectivity index (χ1) is 5.77. The summed E-state index contributed by atoms with van der Waals surface area (Å²) in [5.41, 5.74) is 2.06. The molecule has 0 saturated heterocycles. The second-order valence-electron chi connectivity index (χ2n) is 2.75. The Morgan fingerprint density at radius 1 is 1.50 bits per heavy atom. The maximum Gasteiger partial charge on any atom is 0.155 e. The van der Waals surface area contributed by atoms with E-state index in [4.69, 9.17) is 0 Å². The molecule has 0 amide bonds. The van der Waals surface area contributed by atoms with Gasteiger partial charge < -0.3 is 4.98 Å². The number of H-pyrrole nitrogens is 1. The minimum absolute atomic E-state index is 0.868. The lowest BCUT2D eigenvalue weighted by molar-refractivity contribution is 0.771. The molecule has 4 nitrogen and oxygen atoms in total. The van der Waals surface area contributed by atoms with Crippen LogP contribution in [0.1, 0.15) is 5.69 Å². The molecule has 0 aromatic carbocycles. The lowest BCUT2D eigenvalue weighted by Gasteiger charge is -1.95. The van der Waals surface area contributed by atoms with Gasteiger partial charge in [0.2, 0.25) is 0 Å². The largest absolute Gasteiger partial charge is 0.341 e. The van der Waals surface area contributed by atoms with Crippen molar-refractivity contribution >= 4 is 0 Å². The summed E-state index contributed by atoms with van der Waals surface area (Å²) in [5.74, 6) is 0.868. The molecule has 0 aliphatic heterocycles. The Morgan fingerprint density at radius 2 is 2.33 bits per heavy atom. The third-order valence-corrected chi connectivity index (χ3v) is 1.77. The van der Waals surface area contributed by atoms with Crippen molar-refractivity contribution in [2.45, 2.75) is 6.92 Å². The molecule has 0 fully saturated rings. The number of hydrogen-bond acceptors (Lipinski definition) is 2. The Hall–Kier alpha value is -1.58. The predicted molar refractivity (Wildman–Crippen MR) is 45.5 cm³/mol. The molecule has 12 heavy (non-hydrogen) atoms. The van der Waals surface area contributed by atoms with Crippen LogP contribution in [0.2, 0.25) is 0 Å². The first kappa shape index (κ1) is 7.09. The second kappa shape index (κ2) is 2.48. The number of nitrogens with one attached hydrogen (secondary N) is 1. The minimum Gasteiger partial charge on any atom is -0.341 e. The summed E-state index contributed by atoms with van der Waals surface area (Å²) < 4.78 is 1.79. The summed E-state index contributed by atoms with van der Waals surface area (Å²) in [6.45, 7) is 1.98. The van der Waals surface area contributed by atoms with E-state index in [9.17, 15) is 0 Å². The van der Waals surface area contributed by atoms with Crippen molar-refractivity contribution in [3.8, 4) is 11.5 Å². The topological polar surface area (TPSA) is 46.5 Å². The Morgan fingerprint density at radius 3 is 2.83 bits per heavy atom. The highest BCUT2D eigenvalue weighted by atomic mass is 15.3. The Kier molecular flexibility index (Phi) is 1.46. The molecule has 0 radical (unpaired) electrons. The molecule has 0 atom stereocenters. The highest BCUT2D eigenvalue weighted by molar-refractivity contribution is 5.48. The van der Waals surface area contributed by atoms with Crippen LogP contribution in [0.25, 0.3) is 11.5 Å². The molecule has 2 aromatic rings. The summed E-state index contributed by atoms with van der Waals surface area (Å²) in [6, 6.07) is 1.93. The highest BCUT2D eigenvalue weighted by Crippen LogP contribution is 2.12. The van der Waals surface area contributed by atoms with Crippen LogP contribution < -0.4 is 0 Å². The molecular weight excluding hydrogens is 152 g/mol. The van der Waals surface area contributed by atoms with Crippen LogP contribution in [0, 0.1) is 6.92 Å². The molecule has 2 rings (SSSR count). The maximum absolute atomic E-state index is 4.20. The van der Waals surface area contributed by atoms with Gasteiger partial charge in [-0.15, -0.1) is 0 Å². The molecule has 4 heteroatoms. The van der Waals surface area contributed by atoms with Gasteiger partial charge >= 0.3 is 0 Å². The summed E-state index contributed by atoms with van der Waals surface area (Å²) in [4.78, 5) is 7.35. The summed E-state index contributed by atoms with van der Waals surface area (Å²) in [6.07, 6.45) is 3.56. The first-order valence-electron chi connectivity index (χ1n) is 3.77. The zero-order chi connectivity index (χ0) is 8.55. The molecule has 0 aliphatic carbocycles. The zero-order valence-electron chi connectivity index (χ0n) is 7.07. The Bertz CT molecular complexity index is 385. The number of aromatic amines is 1. The average Bonchev–Trinajstić information content (AvgIpc) is 2.58. The van der Waals surface area contributed by atoms with Crippen molar-refractivity contribution in [3.63, 3.8) is 0 Å². The van der Waals surface area contributed by atoms with Gasteiger partial charge in [0.15, 0.2) is 5.82 Å².